The van der Waals surface area contributed by atoms with Gasteiger partial charge in [-0.1, -0.05) is 42.1 Å². The van der Waals surface area contributed by atoms with Crippen LogP contribution in [0.1, 0.15) is 25.7 Å². The van der Waals surface area contributed by atoms with Crippen LogP contribution in [0.5, 0.6) is 0 Å². The highest BCUT2D eigenvalue weighted by Gasteiger charge is 2.15. The molecular formula is C12H16Cl2N4. The molecular weight excluding hydrogens is 271 g/mol. The highest BCUT2D eigenvalue weighted by Crippen LogP contribution is 2.30. The summed E-state index contributed by atoms with van der Waals surface area (Å²) < 4.78 is 0. The molecule has 18 heavy (non-hydrogen) atoms. The lowest BCUT2D eigenvalue weighted by atomic mass is 10.3. The van der Waals surface area contributed by atoms with Gasteiger partial charge in [0.05, 0.1) is 21.8 Å². The number of rotatable bonds is 2. The Hall–Kier alpha value is -0.970. The third-order valence-electron chi connectivity index (χ3n) is 2.98. The number of para-hydroxylation sites is 1. The molecule has 4 nitrogen and oxygen atoms in total. The Balaban J connectivity index is 2.14. The maximum Gasteiger partial charge on any atom is 0.210 e. The third kappa shape index (κ3) is 3.28. The molecule has 0 aliphatic heterocycles. The van der Waals surface area contributed by atoms with E-state index in [0.29, 0.717) is 27.7 Å². The first-order valence-electron chi connectivity index (χ1n) is 5.96. The molecule has 1 saturated carbocycles. The minimum Gasteiger partial charge on any atom is -0.323 e. The first kappa shape index (κ1) is 13.5. The Morgan fingerprint density at radius 3 is 2.39 bits per heavy atom. The van der Waals surface area contributed by atoms with Crippen LogP contribution >= 0.6 is 23.2 Å². The topological polar surface area (TPSA) is 62.4 Å². The van der Waals surface area contributed by atoms with Gasteiger partial charge in [0.25, 0.3) is 0 Å². The summed E-state index contributed by atoms with van der Waals surface area (Å²) in [5.41, 5.74) is 3.17. The molecule has 0 unspecified atom stereocenters. The maximum atomic E-state index is 6.08. The average Bonchev–Trinajstić information content (AvgIpc) is 2.85. The van der Waals surface area contributed by atoms with Crippen LogP contribution in [-0.4, -0.2) is 12.0 Å². The number of aliphatic imine (C=N–C) groups is 1. The summed E-state index contributed by atoms with van der Waals surface area (Å²) in [4.78, 5) is 4.52. The van der Waals surface area contributed by atoms with Crippen LogP contribution in [-0.2, 0) is 0 Å². The predicted molar refractivity (Wildman–Crippen MR) is 77.1 cm³/mol. The number of hydrogen-bond acceptors (Lipinski definition) is 2. The monoisotopic (exact) mass is 286 g/mol. The minimum absolute atomic E-state index is 0.324. The van der Waals surface area contributed by atoms with Gasteiger partial charge < -0.3 is 5.32 Å². The summed E-state index contributed by atoms with van der Waals surface area (Å²) in [5, 5.41) is 4.12. The van der Waals surface area contributed by atoms with Crippen molar-refractivity contribution in [1.29, 1.82) is 0 Å². The lowest BCUT2D eigenvalue weighted by Crippen LogP contribution is -2.37. The van der Waals surface area contributed by atoms with Crippen molar-refractivity contribution in [3.63, 3.8) is 0 Å². The van der Waals surface area contributed by atoms with Crippen molar-refractivity contribution in [2.45, 2.75) is 31.7 Å². The van der Waals surface area contributed by atoms with Gasteiger partial charge in [0.1, 0.15) is 0 Å². The van der Waals surface area contributed by atoms with Crippen LogP contribution in [0, 0.1) is 0 Å². The van der Waals surface area contributed by atoms with Crippen LogP contribution in [0.15, 0.2) is 23.2 Å². The first-order valence-corrected chi connectivity index (χ1v) is 6.71. The van der Waals surface area contributed by atoms with Gasteiger partial charge >= 0.3 is 0 Å². The molecule has 1 aliphatic carbocycles. The largest absolute Gasteiger partial charge is 0.323 e. The Labute approximate surface area is 117 Å². The lowest BCUT2D eigenvalue weighted by molar-refractivity contribution is 0.700. The maximum absolute atomic E-state index is 6.08. The lowest BCUT2D eigenvalue weighted by Gasteiger charge is -2.13. The number of guanidine groups is 1. The van der Waals surface area contributed by atoms with E-state index in [-0.39, 0.29) is 0 Å². The van der Waals surface area contributed by atoms with Gasteiger partial charge in [0, 0.05) is 0 Å². The summed E-state index contributed by atoms with van der Waals surface area (Å²) in [5.74, 6) is 5.97. The number of nitrogens with zero attached hydrogens (tertiary/aromatic N) is 1. The molecule has 0 saturated heterocycles. The van der Waals surface area contributed by atoms with E-state index in [1.807, 2.05) is 0 Å². The van der Waals surface area contributed by atoms with E-state index in [1.165, 1.54) is 12.8 Å². The molecule has 1 aromatic carbocycles. The summed E-state index contributed by atoms with van der Waals surface area (Å²) in [6.45, 7) is 0. The van der Waals surface area contributed by atoms with E-state index in [2.05, 4.69) is 15.7 Å². The smallest absolute Gasteiger partial charge is 0.210 e. The Morgan fingerprint density at radius 2 is 1.83 bits per heavy atom. The van der Waals surface area contributed by atoms with E-state index in [1.54, 1.807) is 18.2 Å². The fourth-order valence-electron chi connectivity index (χ4n) is 2.06. The second-order valence-corrected chi connectivity index (χ2v) is 5.10. The fourth-order valence-corrected chi connectivity index (χ4v) is 2.55. The van der Waals surface area contributed by atoms with Crippen LogP contribution < -0.4 is 16.6 Å². The van der Waals surface area contributed by atoms with Crippen LogP contribution in [0.3, 0.4) is 0 Å². The van der Waals surface area contributed by atoms with Crippen molar-refractivity contribution >= 4 is 34.8 Å². The van der Waals surface area contributed by atoms with E-state index >= 15 is 0 Å². The molecule has 1 aromatic rings. The molecule has 0 atom stereocenters. The molecule has 6 heteroatoms. The zero-order chi connectivity index (χ0) is 13.0. The molecule has 0 spiro atoms. The molecule has 2 rings (SSSR count). The zero-order valence-corrected chi connectivity index (χ0v) is 11.4. The highest BCUT2D eigenvalue weighted by atomic mass is 35.5. The Bertz CT molecular complexity index is 421. The summed E-state index contributed by atoms with van der Waals surface area (Å²) in [6, 6.07) is 5.64. The average molecular weight is 287 g/mol. The predicted octanol–water partition coefficient (Wildman–Crippen LogP) is 3.17. The van der Waals surface area contributed by atoms with Crippen molar-refractivity contribution in [2.24, 2.45) is 10.8 Å². The normalized spacial score (nSPS) is 16.9. The summed E-state index contributed by atoms with van der Waals surface area (Å²) in [7, 11) is 0. The van der Waals surface area contributed by atoms with Crippen molar-refractivity contribution in [1.82, 2.24) is 5.43 Å². The van der Waals surface area contributed by atoms with Gasteiger partial charge in [-0.15, -0.1) is 0 Å². The molecule has 0 aromatic heterocycles. The number of hydrogen-bond donors (Lipinski definition) is 3. The van der Waals surface area contributed by atoms with E-state index in [9.17, 15) is 0 Å². The van der Waals surface area contributed by atoms with Crippen LogP contribution in [0.2, 0.25) is 10.0 Å². The van der Waals surface area contributed by atoms with Gasteiger partial charge in [0.15, 0.2) is 0 Å². The third-order valence-corrected chi connectivity index (χ3v) is 3.61. The van der Waals surface area contributed by atoms with Crippen molar-refractivity contribution < 1.29 is 0 Å². The fraction of sp³-hybridized carbons (Fsp3) is 0.417. The first-order chi connectivity index (χ1) is 8.70. The van der Waals surface area contributed by atoms with Crippen molar-refractivity contribution in [3.8, 4) is 0 Å². The van der Waals surface area contributed by atoms with Crippen molar-refractivity contribution in [2.75, 3.05) is 5.32 Å². The molecule has 4 N–H and O–H groups in total. The van der Waals surface area contributed by atoms with E-state index in [0.717, 1.165) is 12.8 Å². The minimum atomic E-state index is 0.324. The number of nitrogens with two attached hydrogens (primary N) is 1. The highest BCUT2D eigenvalue weighted by molar-refractivity contribution is 6.39. The number of halogens is 2. The number of benzene rings is 1. The van der Waals surface area contributed by atoms with E-state index < -0.39 is 0 Å². The van der Waals surface area contributed by atoms with Gasteiger partial charge in [-0.2, -0.15) is 0 Å². The second kappa shape index (κ2) is 6.27. The Kier molecular flexibility index (Phi) is 4.69. The molecule has 0 heterocycles. The quantitative estimate of drug-likeness (QED) is 0.339. The van der Waals surface area contributed by atoms with Crippen LogP contribution in [0.25, 0.3) is 0 Å². The second-order valence-electron chi connectivity index (χ2n) is 4.28. The van der Waals surface area contributed by atoms with Gasteiger partial charge in [0.2, 0.25) is 5.96 Å². The molecule has 98 valence electrons. The van der Waals surface area contributed by atoms with Gasteiger partial charge in [-0.25, -0.2) is 10.8 Å². The standard InChI is InChI=1S/C12H16Cl2N4/c13-9-6-3-7-10(14)11(9)17-12(18-15)16-8-4-1-2-5-8/h3,6-8H,1-2,4-5,15H2,(H2,16,17,18). The van der Waals surface area contributed by atoms with Gasteiger partial charge in [-0.05, 0) is 25.0 Å². The van der Waals surface area contributed by atoms with Crippen molar-refractivity contribution in [3.05, 3.63) is 28.2 Å². The molecule has 0 amide bonds. The van der Waals surface area contributed by atoms with Crippen LogP contribution in [0.4, 0.5) is 5.69 Å². The molecule has 1 fully saturated rings. The summed E-state index contributed by atoms with van der Waals surface area (Å²) >= 11 is 12.2. The zero-order valence-electron chi connectivity index (χ0n) is 9.92. The molecule has 0 radical (unpaired) electrons. The SMILES string of the molecule is NNC(=NC1CCCC1)Nc1c(Cl)cccc1Cl. The Morgan fingerprint density at radius 1 is 1.22 bits per heavy atom. The van der Waals surface area contributed by atoms with E-state index in [4.69, 9.17) is 29.0 Å². The summed E-state index contributed by atoms with van der Waals surface area (Å²) in [6.07, 6.45) is 4.64. The number of anilines is 1. The number of hydrazine groups is 1. The number of nitrogens with one attached hydrogen (secondary N) is 2. The van der Waals surface area contributed by atoms with Gasteiger partial charge in [-0.3, -0.25) is 5.43 Å². The molecule has 0 bridgehead atoms. The molecule has 1 aliphatic rings.